The van der Waals surface area contributed by atoms with Gasteiger partial charge < -0.3 is 0 Å². The van der Waals surface area contributed by atoms with Gasteiger partial charge in [0.25, 0.3) is 0 Å². The summed E-state index contributed by atoms with van der Waals surface area (Å²) >= 11 is 5.18. The molecule has 0 saturated heterocycles. The van der Waals surface area contributed by atoms with Crippen LogP contribution in [0.5, 0.6) is 0 Å². The van der Waals surface area contributed by atoms with Crippen LogP contribution in [0.2, 0.25) is 0 Å². The molecule has 0 aliphatic heterocycles. The summed E-state index contributed by atoms with van der Waals surface area (Å²) in [5.41, 5.74) is 1.23. The molecular formula is C21H15BrOS. The van der Waals surface area contributed by atoms with Gasteiger partial charge in [-0.1, -0.05) is 60.7 Å². The van der Waals surface area contributed by atoms with Gasteiger partial charge in [-0.15, -0.1) is 11.3 Å². The molecule has 4 rings (SSSR count). The van der Waals surface area contributed by atoms with E-state index in [1.54, 1.807) is 11.3 Å². The first kappa shape index (κ1) is 15.6. The lowest BCUT2D eigenvalue weighted by Gasteiger charge is -2.06. The van der Waals surface area contributed by atoms with Gasteiger partial charge in [0, 0.05) is 21.0 Å². The van der Waals surface area contributed by atoms with Crippen molar-refractivity contribution in [3.05, 3.63) is 81.6 Å². The SMILES string of the molecule is O=C(CCc1cccc2ccccc12)c1sc2ccccc2c1Br. The minimum absolute atomic E-state index is 0.205. The monoisotopic (exact) mass is 394 g/mol. The summed E-state index contributed by atoms with van der Waals surface area (Å²) in [6.07, 6.45) is 1.29. The average Bonchev–Trinajstić information content (AvgIpc) is 2.97. The second-order valence-electron chi connectivity index (χ2n) is 5.80. The lowest BCUT2D eigenvalue weighted by atomic mass is 9.99. The van der Waals surface area contributed by atoms with Crippen molar-refractivity contribution in [1.82, 2.24) is 0 Å². The predicted octanol–water partition coefficient (Wildman–Crippen LogP) is 6.63. The van der Waals surface area contributed by atoms with Gasteiger partial charge in [-0.3, -0.25) is 4.79 Å². The average molecular weight is 395 g/mol. The number of carbonyl (C=O) groups is 1. The van der Waals surface area contributed by atoms with Crippen LogP contribution in [-0.4, -0.2) is 5.78 Å². The second kappa shape index (κ2) is 6.50. The molecule has 0 amide bonds. The summed E-state index contributed by atoms with van der Waals surface area (Å²) in [5, 5.41) is 3.59. The zero-order valence-electron chi connectivity index (χ0n) is 13.0. The van der Waals surface area contributed by atoms with E-state index in [1.165, 1.54) is 16.3 Å². The number of hydrogen-bond acceptors (Lipinski definition) is 2. The first-order valence-corrected chi connectivity index (χ1v) is 9.52. The number of aryl methyl sites for hydroxylation is 1. The highest BCUT2D eigenvalue weighted by Crippen LogP contribution is 2.36. The Kier molecular flexibility index (Phi) is 4.21. The van der Waals surface area contributed by atoms with Crippen LogP contribution in [0.1, 0.15) is 21.7 Å². The van der Waals surface area contributed by atoms with Crippen LogP contribution in [0.15, 0.2) is 71.2 Å². The summed E-state index contributed by atoms with van der Waals surface area (Å²) in [6, 6.07) is 22.8. The quantitative estimate of drug-likeness (QED) is 0.354. The zero-order valence-corrected chi connectivity index (χ0v) is 15.4. The van der Waals surface area contributed by atoms with Crippen LogP contribution in [0.25, 0.3) is 20.9 Å². The maximum atomic E-state index is 12.7. The molecule has 0 radical (unpaired) electrons. The molecule has 0 spiro atoms. The van der Waals surface area contributed by atoms with Gasteiger partial charge in [-0.25, -0.2) is 0 Å². The molecule has 3 heteroatoms. The van der Waals surface area contributed by atoms with E-state index in [-0.39, 0.29) is 5.78 Å². The number of halogens is 1. The molecule has 0 N–H and O–H groups in total. The van der Waals surface area contributed by atoms with Crippen molar-refractivity contribution in [2.75, 3.05) is 0 Å². The Balaban J connectivity index is 1.60. The van der Waals surface area contributed by atoms with Crippen LogP contribution < -0.4 is 0 Å². The van der Waals surface area contributed by atoms with Crippen molar-refractivity contribution in [3.8, 4) is 0 Å². The number of rotatable bonds is 4. The minimum atomic E-state index is 0.205. The van der Waals surface area contributed by atoms with Crippen molar-refractivity contribution in [2.45, 2.75) is 12.8 Å². The summed E-state index contributed by atoms with van der Waals surface area (Å²) in [7, 11) is 0. The van der Waals surface area contributed by atoms with E-state index >= 15 is 0 Å². The van der Waals surface area contributed by atoms with Crippen LogP contribution in [0, 0.1) is 0 Å². The van der Waals surface area contributed by atoms with Gasteiger partial charge in [-0.05, 0) is 44.8 Å². The van der Waals surface area contributed by atoms with Crippen molar-refractivity contribution in [3.63, 3.8) is 0 Å². The molecule has 0 unspecified atom stereocenters. The van der Waals surface area contributed by atoms with Crippen molar-refractivity contribution < 1.29 is 4.79 Å². The first-order valence-electron chi connectivity index (χ1n) is 7.91. The zero-order chi connectivity index (χ0) is 16.5. The lowest BCUT2D eigenvalue weighted by molar-refractivity contribution is 0.0986. The van der Waals surface area contributed by atoms with Crippen molar-refractivity contribution in [2.24, 2.45) is 0 Å². The van der Waals surface area contributed by atoms with Crippen LogP contribution in [-0.2, 0) is 6.42 Å². The number of benzene rings is 3. The van der Waals surface area contributed by atoms with Gasteiger partial charge in [0.05, 0.1) is 4.88 Å². The number of hydrogen-bond donors (Lipinski definition) is 0. The molecule has 0 aliphatic carbocycles. The smallest absolute Gasteiger partial charge is 0.174 e. The molecule has 1 heterocycles. The van der Waals surface area contributed by atoms with Gasteiger partial charge in [-0.2, -0.15) is 0 Å². The summed E-state index contributed by atoms with van der Waals surface area (Å²) in [5.74, 6) is 0.205. The Morgan fingerprint density at radius 2 is 1.58 bits per heavy atom. The summed E-state index contributed by atoms with van der Waals surface area (Å²) in [6.45, 7) is 0. The van der Waals surface area contributed by atoms with E-state index in [2.05, 4.69) is 64.5 Å². The van der Waals surface area contributed by atoms with Gasteiger partial charge in [0.15, 0.2) is 5.78 Å². The Labute approximate surface area is 153 Å². The Hall–Kier alpha value is -1.97. The first-order chi connectivity index (χ1) is 11.7. The topological polar surface area (TPSA) is 17.1 Å². The molecule has 0 bridgehead atoms. The number of carbonyl (C=O) groups excluding carboxylic acids is 1. The van der Waals surface area contributed by atoms with Crippen LogP contribution >= 0.6 is 27.3 Å². The molecular weight excluding hydrogens is 380 g/mol. The number of ketones is 1. The standard InChI is InChI=1S/C21H15BrOS/c22-20-17-10-3-4-11-19(17)24-21(20)18(23)13-12-15-8-5-7-14-6-1-2-9-16(14)15/h1-11H,12-13H2. The fourth-order valence-corrected chi connectivity index (χ4v) is 5.07. The maximum Gasteiger partial charge on any atom is 0.174 e. The Morgan fingerprint density at radius 1 is 0.875 bits per heavy atom. The van der Waals surface area contributed by atoms with Gasteiger partial charge in [0.1, 0.15) is 0 Å². The van der Waals surface area contributed by atoms with Crippen LogP contribution in [0.3, 0.4) is 0 Å². The Bertz CT molecular complexity index is 1040. The largest absolute Gasteiger partial charge is 0.293 e. The molecule has 0 fully saturated rings. The maximum absolute atomic E-state index is 12.7. The molecule has 24 heavy (non-hydrogen) atoms. The lowest BCUT2D eigenvalue weighted by Crippen LogP contribution is -2.00. The normalized spacial score (nSPS) is 11.2. The van der Waals surface area contributed by atoms with Crippen LogP contribution in [0.4, 0.5) is 0 Å². The molecule has 0 aliphatic rings. The van der Waals surface area contributed by atoms with E-state index in [0.717, 1.165) is 25.9 Å². The molecule has 0 saturated carbocycles. The van der Waals surface area contributed by atoms with Crippen molar-refractivity contribution in [1.29, 1.82) is 0 Å². The minimum Gasteiger partial charge on any atom is -0.293 e. The Morgan fingerprint density at radius 3 is 2.42 bits per heavy atom. The predicted molar refractivity (Wildman–Crippen MR) is 106 cm³/mol. The highest BCUT2D eigenvalue weighted by atomic mass is 79.9. The molecule has 0 atom stereocenters. The van der Waals surface area contributed by atoms with E-state index in [9.17, 15) is 4.79 Å². The molecule has 3 aromatic carbocycles. The number of Topliss-reactive ketones (excluding diaryl/α,β-unsaturated/α-hetero) is 1. The van der Waals surface area contributed by atoms with E-state index in [0.29, 0.717) is 6.42 Å². The number of fused-ring (bicyclic) bond motifs is 2. The highest BCUT2D eigenvalue weighted by molar-refractivity contribution is 9.10. The third-order valence-corrected chi connectivity index (χ3v) is 6.59. The molecule has 1 aromatic heterocycles. The summed E-state index contributed by atoms with van der Waals surface area (Å²) < 4.78 is 2.09. The highest BCUT2D eigenvalue weighted by Gasteiger charge is 2.16. The second-order valence-corrected chi connectivity index (χ2v) is 7.65. The van der Waals surface area contributed by atoms with Gasteiger partial charge in [0.2, 0.25) is 0 Å². The van der Waals surface area contributed by atoms with Gasteiger partial charge >= 0.3 is 0 Å². The number of thiophene rings is 1. The molecule has 1 nitrogen and oxygen atoms in total. The summed E-state index contributed by atoms with van der Waals surface area (Å²) in [4.78, 5) is 13.6. The van der Waals surface area contributed by atoms with E-state index < -0.39 is 0 Å². The fourth-order valence-electron chi connectivity index (χ4n) is 3.07. The van der Waals surface area contributed by atoms with E-state index in [1.807, 2.05) is 18.2 Å². The third kappa shape index (κ3) is 2.79. The molecule has 4 aromatic rings. The van der Waals surface area contributed by atoms with Crippen molar-refractivity contribution >= 4 is 53.9 Å². The van der Waals surface area contributed by atoms with E-state index in [4.69, 9.17) is 0 Å². The fraction of sp³-hybridized carbons (Fsp3) is 0.0952. The molecule has 118 valence electrons. The third-order valence-electron chi connectivity index (χ3n) is 4.29.